The molecule has 0 saturated carbocycles. The van der Waals surface area contributed by atoms with Crippen molar-refractivity contribution in [2.24, 2.45) is 11.1 Å². The summed E-state index contributed by atoms with van der Waals surface area (Å²) in [6.07, 6.45) is 0.202. The summed E-state index contributed by atoms with van der Waals surface area (Å²) in [5.74, 6) is 0.0288. The van der Waals surface area contributed by atoms with Crippen molar-refractivity contribution in [3.8, 4) is 6.07 Å². The highest BCUT2D eigenvalue weighted by atomic mass is 16.5. The molecule has 0 aromatic carbocycles. The molecule has 1 aliphatic heterocycles. The Balaban J connectivity index is 2.70. The fourth-order valence-electron chi connectivity index (χ4n) is 1.68. The lowest BCUT2D eigenvalue weighted by atomic mass is 9.86. The van der Waals surface area contributed by atoms with Crippen molar-refractivity contribution in [2.45, 2.75) is 26.4 Å². The van der Waals surface area contributed by atoms with Crippen molar-refractivity contribution in [3.05, 3.63) is 0 Å². The van der Waals surface area contributed by atoms with Gasteiger partial charge < -0.3 is 15.4 Å². The molecule has 1 rings (SSSR count). The Bertz CT molecular complexity index is 294. The van der Waals surface area contributed by atoms with E-state index in [0.717, 1.165) is 0 Å². The second-order valence-corrected chi connectivity index (χ2v) is 4.36. The SMILES string of the molecule is CCC(C)(CN)C(=O)N1CCOC(C#N)C1. The maximum atomic E-state index is 12.2. The molecule has 0 radical (unpaired) electrons. The van der Waals surface area contributed by atoms with Gasteiger partial charge in [0.25, 0.3) is 0 Å². The monoisotopic (exact) mass is 225 g/mol. The molecular weight excluding hydrogens is 206 g/mol. The van der Waals surface area contributed by atoms with Crippen LogP contribution in [0, 0.1) is 16.7 Å². The number of nitrogens with zero attached hydrogens (tertiary/aromatic N) is 2. The number of nitrogens with two attached hydrogens (primary N) is 1. The Hall–Kier alpha value is -1.12. The number of morpholine rings is 1. The van der Waals surface area contributed by atoms with E-state index in [2.05, 4.69) is 0 Å². The smallest absolute Gasteiger partial charge is 0.229 e. The minimum atomic E-state index is -0.517. The number of carbonyl (C=O) groups excluding carboxylic acids is 1. The number of nitriles is 1. The zero-order valence-electron chi connectivity index (χ0n) is 9.90. The molecule has 1 saturated heterocycles. The summed E-state index contributed by atoms with van der Waals surface area (Å²) in [5.41, 5.74) is 5.13. The first-order valence-corrected chi connectivity index (χ1v) is 5.58. The fourth-order valence-corrected chi connectivity index (χ4v) is 1.68. The van der Waals surface area contributed by atoms with Gasteiger partial charge in [0, 0.05) is 13.1 Å². The van der Waals surface area contributed by atoms with Crippen molar-refractivity contribution in [3.63, 3.8) is 0 Å². The Morgan fingerprint density at radius 2 is 2.44 bits per heavy atom. The maximum Gasteiger partial charge on any atom is 0.229 e. The summed E-state index contributed by atoms with van der Waals surface area (Å²) < 4.78 is 5.20. The van der Waals surface area contributed by atoms with Gasteiger partial charge in [0.05, 0.1) is 24.6 Å². The summed E-state index contributed by atoms with van der Waals surface area (Å²) in [4.78, 5) is 13.9. The number of hydrogen-bond donors (Lipinski definition) is 1. The number of hydrogen-bond acceptors (Lipinski definition) is 4. The molecule has 2 N–H and O–H groups in total. The van der Waals surface area contributed by atoms with Gasteiger partial charge >= 0.3 is 0 Å². The second kappa shape index (κ2) is 5.28. The number of amides is 1. The summed E-state index contributed by atoms with van der Waals surface area (Å²) >= 11 is 0. The van der Waals surface area contributed by atoms with Gasteiger partial charge in [-0.3, -0.25) is 4.79 Å². The van der Waals surface area contributed by atoms with E-state index in [4.69, 9.17) is 15.7 Å². The van der Waals surface area contributed by atoms with E-state index in [0.29, 0.717) is 32.7 Å². The number of rotatable bonds is 3. The molecule has 5 heteroatoms. The molecule has 5 nitrogen and oxygen atoms in total. The Labute approximate surface area is 96.2 Å². The zero-order chi connectivity index (χ0) is 12.2. The highest BCUT2D eigenvalue weighted by Crippen LogP contribution is 2.23. The third-order valence-corrected chi connectivity index (χ3v) is 3.24. The third-order valence-electron chi connectivity index (χ3n) is 3.24. The van der Waals surface area contributed by atoms with E-state index in [-0.39, 0.29) is 5.91 Å². The van der Waals surface area contributed by atoms with Gasteiger partial charge in [-0.25, -0.2) is 0 Å². The van der Waals surface area contributed by atoms with Gasteiger partial charge in [0.1, 0.15) is 0 Å². The average Bonchev–Trinajstić information content (AvgIpc) is 2.37. The number of ether oxygens (including phenoxy) is 1. The summed E-state index contributed by atoms with van der Waals surface area (Å²) in [6, 6.07) is 2.03. The van der Waals surface area contributed by atoms with Crippen LogP contribution < -0.4 is 5.73 Å². The lowest BCUT2D eigenvalue weighted by Crippen LogP contribution is -2.52. The van der Waals surface area contributed by atoms with E-state index in [1.807, 2.05) is 19.9 Å². The topological polar surface area (TPSA) is 79.3 Å². The molecule has 1 aliphatic rings. The van der Waals surface area contributed by atoms with E-state index < -0.39 is 11.5 Å². The lowest BCUT2D eigenvalue weighted by molar-refractivity contribution is -0.146. The van der Waals surface area contributed by atoms with Crippen LogP contribution in [0.2, 0.25) is 0 Å². The predicted molar refractivity (Wildman–Crippen MR) is 59.4 cm³/mol. The summed E-state index contributed by atoms with van der Waals surface area (Å²) in [5, 5.41) is 8.77. The summed E-state index contributed by atoms with van der Waals surface area (Å²) in [6.45, 7) is 5.47. The fraction of sp³-hybridized carbons (Fsp3) is 0.818. The number of carbonyl (C=O) groups is 1. The van der Waals surface area contributed by atoms with E-state index in [1.54, 1.807) is 4.90 Å². The van der Waals surface area contributed by atoms with E-state index in [1.165, 1.54) is 0 Å². The van der Waals surface area contributed by atoms with Crippen molar-refractivity contribution >= 4 is 5.91 Å². The maximum absolute atomic E-state index is 12.2. The molecule has 2 unspecified atom stereocenters. The third kappa shape index (κ3) is 2.52. The van der Waals surface area contributed by atoms with Crippen molar-refractivity contribution in [1.82, 2.24) is 4.90 Å². The molecule has 2 atom stereocenters. The molecule has 0 aromatic rings. The molecular formula is C11H19N3O2. The molecule has 0 bridgehead atoms. The molecule has 0 spiro atoms. The summed E-state index contributed by atoms with van der Waals surface area (Å²) in [7, 11) is 0. The standard InChI is InChI=1S/C11H19N3O2/c1-3-11(2,8-13)10(15)14-4-5-16-9(6-12)7-14/h9H,3-5,7-8,13H2,1-2H3. The molecule has 1 heterocycles. The minimum Gasteiger partial charge on any atom is -0.360 e. The molecule has 0 aliphatic carbocycles. The molecule has 1 fully saturated rings. The van der Waals surface area contributed by atoms with Crippen LogP contribution in [0.5, 0.6) is 0 Å². The van der Waals surface area contributed by atoms with Gasteiger partial charge in [-0.15, -0.1) is 0 Å². The van der Waals surface area contributed by atoms with Gasteiger partial charge in [-0.1, -0.05) is 6.92 Å². The predicted octanol–water partition coefficient (Wildman–Crippen LogP) is 0.112. The van der Waals surface area contributed by atoms with E-state index in [9.17, 15) is 4.79 Å². The molecule has 0 aromatic heterocycles. The quantitative estimate of drug-likeness (QED) is 0.739. The van der Waals surface area contributed by atoms with Crippen LogP contribution in [0.1, 0.15) is 20.3 Å². The van der Waals surface area contributed by atoms with Crippen LogP contribution in [0.3, 0.4) is 0 Å². The van der Waals surface area contributed by atoms with Gasteiger partial charge in [-0.05, 0) is 13.3 Å². The zero-order valence-corrected chi connectivity index (χ0v) is 9.90. The van der Waals surface area contributed by atoms with Crippen LogP contribution in [-0.4, -0.2) is 43.2 Å². The van der Waals surface area contributed by atoms with Crippen molar-refractivity contribution in [2.75, 3.05) is 26.2 Å². The molecule has 90 valence electrons. The first-order chi connectivity index (χ1) is 7.57. The second-order valence-electron chi connectivity index (χ2n) is 4.36. The lowest BCUT2D eigenvalue weighted by Gasteiger charge is -2.36. The van der Waals surface area contributed by atoms with Crippen molar-refractivity contribution in [1.29, 1.82) is 5.26 Å². The van der Waals surface area contributed by atoms with Gasteiger partial charge in [-0.2, -0.15) is 5.26 Å². The first kappa shape index (κ1) is 12.9. The molecule has 1 amide bonds. The first-order valence-electron chi connectivity index (χ1n) is 5.58. The van der Waals surface area contributed by atoms with Gasteiger partial charge in [0.15, 0.2) is 6.10 Å². The highest BCUT2D eigenvalue weighted by Gasteiger charge is 2.36. The van der Waals surface area contributed by atoms with Crippen molar-refractivity contribution < 1.29 is 9.53 Å². The van der Waals surface area contributed by atoms with Crippen LogP contribution in [0.25, 0.3) is 0 Å². The van der Waals surface area contributed by atoms with Gasteiger partial charge in [0.2, 0.25) is 5.91 Å². The van der Waals surface area contributed by atoms with Crippen LogP contribution in [0.4, 0.5) is 0 Å². The average molecular weight is 225 g/mol. The Morgan fingerprint density at radius 1 is 1.75 bits per heavy atom. The largest absolute Gasteiger partial charge is 0.360 e. The Kier molecular flexibility index (Phi) is 4.27. The molecule has 16 heavy (non-hydrogen) atoms. The Morgan fingerprint density at radius 3 is 2.94 bits per heavy atom. The van der Waals surface area contributed by atoms with Crippen LogP contribution >= 0.6 is 0 Å². The van der Waals surface area contributed by atoms with Crippen LogP contribution in [0.15, 0.2) is 0 Å². The minimum absolute atomic E-state index is 0.0288. The van der Waals surface area contributed by atoms with E-state index >= 15 is 0 Å². The van der Waals surface area contributed by atoms with Crippen LogP contribution in [-0.2, 0) is 9.53 Å². The highest BCUT2D eigenvalue weighted by molar-refractivity contribution is 5.82. The normalized spacial score (nSPS) is 24.6.